The highest BCUT2D eigenvalue weighted by molar-refractivity contribution is 5.57. The monoisotopic (exact) mass is 251 g/mol. The third-order valence-electron chi connectivity index (χ3n) is 4.14. The lowest BCUT2D eigenvalue weighted by Crippen LogP contribution is -2.10. The first kappa shape index (κ1) is 15.1. The molecule has 1 heterocycles. The van der Waals surface area contributed by atoms with Crippen molar-refractivity contribution in [2.24, 2.45) is 0 Å². The number of benzene rings is 1. The minimum atomic E-state index is 0.318. The zero-order chi connectivity index (χ0) is 15.3. The zero-order valence-corrected chi connectivity index (χ0v) is 13.6. The highest BCUT2D eigenvalue weighted by atomic mass is 16.5. The van der Waals surface area contributed by atoms with E-state index in [4.69, 9.17) is 6.11 Å². The van der Waals surface area contributed by atoms with Gasteiger partial charge < -0.3 is 4.74 Å². The van der Waals surface area contributed by atoms with Gasteiger partial charge in [-0.25, -0.2) is 0 Å². The van der Waals surface area contributed by atoms with Gasteiger partial charge in [0.05, 0.1) is 0 Å². The summed E-state index contributed by atoms with van der Waals surface area (Å²) in [6.07, 6.45) is 0.318. The van der Waals surface area contributed by atoms with Crippen LogP contribution < -0.4 is 4.74 Å². The topological polar surface area (TPSA) is 9.23 Å². The molecule has 0 saturated carbocycles. The third-order valence-corrected chi connectivity index (χ3v) is 4.14. The fourth-order valence-electron chi connectivity index (χ4n) is 2.53. The van der Waals surface area contributed by atoms with Crippen LogP contribution in [0.3, 0.4) is 0 Å². The van der Waals surface area contributed by atoms with Crippen molar-refractivity contribution in [3.63, 3.8) is 0 Å². The smallest absolute Gasteiger partial charge is 0.126 e. The Labute approximate surface area is 115 Å². The van der Waals surface area contributed by atoms with Gasteiger partial charge in [0.25, 0.3) is 0 Å². The number of rotatable bonds is 0. The summed E-state index contributed by atoms with van der Waals surface area (Å²) in [6, 6.07) is 0. The van der Waals surface area contributed by atoms with Gasteiger partial charge in [0.2, 0.25) is 0 Å². The highest BCUT2D eigenvalue weighted by Gasteiger charge is 2.31. The van der Waals surface area contributed by atoms with Crippen molar-refractivity contribution in [2.45, 2.75) is 74.8 Å². The van der Waals surface area contributed by atoms with Gasteiger partial charge in [-0.2, -0.15) is 0 Å². The van der Waals surface area contributed by atoms with Crippen LogP contribution in [-0.2, 0) is 0 Å². The molecule has 1 nitrogen and oxygen atoms in total. The van der Waals surface area contributed by atoms with Gasteiger partial charge in [-0.15, -0.1) is 0 Å². The van der Waals surface area contributed by atoms with Crippen LogP contribution in [0.1, 0.15) is 70.2 Å². The Morgan fingerprint density at radius 3 is 1.83 bits per heavy atom. The summed E-state index contributed by atoms with van der Waals surface area (Å²) in [4.78, 5) is 0. The first-order valence-corrected chi connectivity index (χ1v) is 6.72. The van der Waals surface area contributed by atoms with Gasteiger partial charge in [-0.1, -0.05) is 28.2 Å². The Bertz CT molecular complexity index is 424. The average Bonchev–Trinajstić information content (AvgIpc) is 2.75. The van der Waals surface area contributed by atoms with Crippen molar-refractivity contribution < 1.29 is 6.11 Å². The second-order valence-electron chi connectivity index (χ2n) is 4.85. The second-order valence-corrected chi connectivity index (χ2v) is 4.85. The molecule has 18 heavy (non-hydrogen) atoms. The Kier molecular flexibility index (Phi) is 5.25. The van der Waals surface area contributed by atoms with E-state index in [1.54, 1.807) is 0 Å². The molecule has 104 valence electrons. The maximum absolute atomic E-state index is 5.97. The normalized spacial score (nSPS) is 20.6. The standard InChI is InChI=1S/C14H20O.C2H6.CH4/c1-7-8(2)10(4)14-13(9(7)3)11(5)12(6)15-14;1-2;/h11-12H,1-6H3;1-2H3;1H4/i;;1D. The predicted octanol–water partition coefficient (Wildman–Crippen LogP) is 5.47. The van der Waals surface area contributed by atoms with Crippen LogP contribution in [0.4, 0.5) is 0 Å². The largest absolute Gasteiger partial charge is 0.489 e. The van der Waals surface area contributed by atoms with E-state index in [2.05, 4.69) is 41.5 Å². The van der Waals surface area contributed by atoms with Gasteiger partial charge in [0, 0.05) is 12.9 Å². The minimum absolute atomic E-state index is 0.318. The van der Waals surface area contributed by atoms with Crippen molar-refractivity contribution in [1.82, 2.24) is 0 Å². The third kappa shape index (κ3) is 2.41. The molecule has 1 aliphatic heterocycles. The van der Waals surface area contributed by atoms with E-state index in [1.807, 2.05) is 13.8 Å². The van der Waals surface area contributed by atoms with Crippen molar-refractivity contribution in [3.8, 4) is 5.75 Å². The summed E-state index contributed by atoms with van der Waals surface area (Å²) >= 11 is 0. The Balaban J connectivity index is 0.000000741. The molecule has 1 aliphatic rings. The summed E-state index contributed by atoms with van der Waals surface area (Å²) in [5.74, 6) is 1.67. The molecule has 2 atom stereocenters. The molecule has 0 saturated heterocycles. The number of fused-ring (bicyclic) bond motifs is 1. The lowest BCUT2D eigenvalue weighted by molar-refractivity contribution is 0.231. The summed E-state index contributed by atoms with van der Waals surface area (Å²) < 4.78 is 11.7. The fraction of sp³-hybridized carbons (Fsp3) is 0.647. The first-order chi connectivity index (χ1) is 8.95. The number of hydrogen-bond acceptors (Lipinski definition) is 1. The molecule has 0 fully saturated rings. The van der Waals surface area contributed by atoms with Gasteiger partial charge in [-0.3, -0.25) is 0 Å². The Morgan fingerprint density at radius 2 is 1.33 bits per heavy atom. The van der Waals surface area contributed by atoms with Crippen molar-refractivity contribution >= 4 is 0 Å². The van der Waals surface area contributed by atoms with E-state index in [1.165, 1.54) is 35.2 Å². The predicted molar refractivity (Wildman–Crippen MR) is 82.0 cm³/mol. The van der Waals surface area contributed by atoms with E-state index in [9.17, 15) is 0 Å². The average molecular weight is 251 g/mol. The van der Waals surface area contributed by atoms with Crippen LogP contribution >= 0.6 is 0 Å². The molecule has 2 rings (SSSR count). The van der Waals surface area contributed by atoms with Gasteiger partial charge in [0.15, 0.2) is 0 Å². The first-order valence-electron chi connectivity index (χ1n) is 7.72. The molecule has 0 bridgehead atoms. The van der Waals surface area contributed by atoms with E-state index >= 15 is 0 Å². The van der Waals surface area contributed by atoms with Crippen LogP contribution in [0.25, 0.3) is 0 Å². The summed E-state index contributed by atoms with van der Waals surface area (Å²) in [5.41, 5.74) is 6.99. The summed E-state index contributed by atoms with van der Waals surface area (Å²) in [7, 11) is 1.25. The Hall–Kier alpha value is -0.980. The van der Waals surface area contributed by atoms with Crippen LogP contribution in [0.5, 0.6) is 5.75 Å². The van der Waals surface area contributed by atoms with Crippen molar-refractivity contribution in [1.29, 1.82) is 0 Å². The van der Waals surface area contributed by atoms with Crippen molar-refractivity contribution in [2.75, 3.05) is 0 Å². The molecule has 0 aromatic heterocycles. The lowest BCUT2D eigenvalue weighted by Gasteiger charge is -2.15. The van der Waals surface area contributed by atoms with Gasteiger partial charge in [0.1, 0.15) is 11.9 Å². The van der Waals surface area contributed by atoms with Crippen LogP contribution in [0, 0.1) is 27.7 Å². The molecular formula is C17H30O. The maximum Gasteiger partial charge on any atom is 0.126 e. The molecule has 1 aromatic carbocycles. The number of hydrogen-bond donors (Lipinski definition) is 0. The molecule has 1 heteroatoms. The molecule has 0 spiro atoms. The van der Waals surface area contributed by atoms with Crippen LogP contribution in [0.2, 0.25) is 0 Å². The number of ether oxygens (including phenoxy) is 1. The second kappa shape index (κ2) is 6.26. The lowest BCUT2D eigenvalue weighted by atomic mass is 9.87. The molecule has 0 aliphatic carbocycles. The van der Waals surface area contributed by atoms with E-state index in [0.717, 1.165) is 5.75 Å². The van der Waals surface area contributed by atoms with E-state index < -0.39 is 0 Å². The molecule has 0 radical (unpaired) electrons. The molecule has 2 unspecified atom stereocenters. The quantitative estimate of drug-likeness (QED) is 0.594. The Morgan fingerprint density at radius 1 is 0.889 bits per heavy atom. The summed E-state index contributed by atoms with van der Waals surface area (Å²) in [6.45, 7) is 17.2. The minimum Gasteiger partial charge on any atom is -0.489 e. The van der Waals surface area contributed by atoms with E-state index in [-0.39, 0.29) is 0 Å². The highest BCUT2D eigenvalue weighted by Crippen LogP contribution is 2.44. The van der Waals surface area contributed by atoms with E-state index in [0.29, 0.717) is 12.0 Å². The molecular weight excluding hydrogens is 220 g/mol. The fourth-order valence-corrected chi connectivity index (χ4v) is 2.53. The molecule has 0 amide bonds. The molecule has 1 aromatic rings. The van der Waals surface area contributed by atoms with Crippen molar-refractivity contribution in [3.05, 3.63) is 27.8 Å². The summed E-state index contributed by atoms with van der Waals surface area (Å²) in [5, 5.41) is 0. The van der Waals surface area contributed by atoms with Crippen LogP contribution in [-0.4, -0.2) is 6.10 Å². The SMILES string of the molecule is CC.Cc1c(C)c(C)c2c(c1C)OC(C)C2C.[2H]C. The maximum atomic E-state index is 5.97. The van der Waals surface area contributed by atoms with Crippen LogP contribution in [0.15, 0.2) is 0 Å². The van der Waals surface area contributed by atoms with Gasteiger partial charge in [-0.05, 0) is 56.9 Å². The van der Waals surface area contributed by atoms with Gasteiger partial charge >= 0.3 is 0 Å². The molecule has 0 N–H and O–H groups in total. The zero-order valence-electron chi connectivity index (χ0n) is 14.6.